The first-order valence-electron chi connectivity index (χ1n) is 9.65. The Morgan fingerprint density at radius 2 is 1.70 bits per heavy atom. The van der Waals surface area contributed by atoms with Crippen LogP contribution in [0.15, 0.2) is 23.2 Å². The van der Waals surface area contributed by atoms with Crippen LogP contribution in [-0.4, -0.2) is 58.1 Å². The second-order valence-electron chi connectivity index (χ2n) is 6.13. The van der Waals surface area contributed by atoms with Crippen LogP contribution < -0.4 is 20.1 Å². The maximum atomic E-state index is 10.5. The Morgan fingerprint density at radius 1 is 1.04 bits per heavy atom. The third-order valence-corrected chi connectivity index (χ3v) is 3.93. The molecule has 1 unspecified atom stereocenters. The van der Waals surface area contributed by atoms with Gasteiger partial charge in [-0.15, -0.1) is 0 Å². The molecule has 1 atom stereocenters. The van der Waals surface area contributed by atoms with Crippen LogP contribution in [-0.2, 0) is 4.74 Å². The van der Waals surface area contributed by atoms with Crippen molar-refractivity contribution in [3.8, 4) is 11.5 Å². The topological polar surface area (TPSA) is 84.3 Å². The molecule has 0 aliphatic carbocycles. The Labute approximate surface area is 163 Å². The summed E-state index contributed by atoms with van der Waals surface area (Å²) in [5.41, 5.74) is 0.704. The van der Waals surface area contributed by atoms with Crippen LogP contribution in [0.4, 0.5) is 0 Å². The maximum Gasteiger partial charge on any atom is 0.191 e. The van der Waals surface area contributed by atoms with Gasteiger partial charge in [0.25, 0.3) is 0 Å². The molecule has 0 aromatic heterocycles. The summed E-state index contributed by atoms with van der Waals surface area (Å²) in [7, 11) is 3.17. The SMILES string of the molecule is CCCCOCCCNC(=NCC(O)c1cc(OC)cc(OC)c1)NCC. The van der Waals surface area contributed by atoms with E-state index in [-0.39, 0.29) is 6.54 Å². The van der Waals surface area contributed by atoms with Gasteiger partial charge in [0.1, 0.15) is 11.5 Å². The van der Waals surface area contributed by atoms with Gasteiger partial charge < -0.3 is 30.0 Å². The molecule has 0 spiro atoms. The highest BCUT2D eigenvalue weighted by molar-refractivity contribution is 5.79. The Bertz CT molecular complexity index is 530. The van der Waals surface area contributed by atoms with Crippen molar-refractivity contribution in [3.05, 3.63) is 23.8 Å². The molecule has 1 aromatic rings. The first-order valence-corrected chi connectivity index (χ1v) is 9.65. The van der Waals surface area contributed by atoms with Crippen molar-refractivity contribution in [2.45, 2.75) is 39.2 Å². The highest BCUT2D eigenvalue weighted by Gasteiger charge is 2.11. The summed E-state index contributed by atoms with van der Waals surface area (Å²) in [5, 5.41) is 16.9. The van der Waals surface area contributed by atoms with Gasteiger partial charge in [-0.05, 0) is 37.5 Å². The molecule has 0 heterocycles. The van der Waals surface area contributed by atoms with Gasteiger partial charge in [0.2, 0.25) is 0 Å². The van der Waals surface area contributed by atoms with E-state index in [1.807, 2.05) is 6.92 Å². The molecule has 0 radical (unpaired) electrons. The van der Waals surface area contributed by atoms with E-state index >= 15 is 0 Å². The summed E-state index contributed by atoms with van der Waals surface area (Å²) in [6, 6.07) is 5.35. The van der Waals surface area contributed by atoms with E-state index in [9.17, 15) is 5.11 Å². The average Bonchev–Trinajstić information content (AvgIpc) is 2.70. The molecule has 7 nitrogen and oxygen atoms in total. The van der Waals surface area contributed by atoms with E-state index in [2.05, 4.69) is 22.5 Å². The third kappa shape index (κ3) is 9.49. The number of unbranched alkanes of at least 4 members (excludes halogenated alkanes) is 1. The monoisotopic (exact) mass is 381 g/mol. The highest BCUT2D eigenvalue weighted by atomic mass is 16.5. The lowest BCUT2D eigenvalue weighted by molar-refractivity contribution is 0.129. The van der Waals surface area contributed by atoms with Crippen LogP contribution in [0.3, 0.4) is 0 Å². The number of aliphatic imine (C=N–C) groups is 1. The quantitative estimate of drug-likeness (QED) is 0.277. The molecule has 0 bridgehead atoms. The van der Waals surface area contributed by atoms with Crippen LogP contribution in [0, 0.1) is 0 Å². The minimum absolute atomic E-state index is 0.235. The van der Waals surface area contributed by atoms with Crippen LogP contribution in [0.1, 0.15) is 44.8 Å². The number of rotatable bonds is 13. The number of hydrogen-bond acceptors (Lipinski definition) is 5. The van der Waals surface area contributed by atoms with Crippen molar-refractivity contribution >= 4 is 5.96 Å². The molecule has 0 amide bonds. The van der Waals surface area contributed by atoms with E-state index in [4.69, 9.17) is 14.2 Å². The zero-order valence-corrected chi connectivity index (χ0v) is 17.1. The van der Waals surface area contributed by atoms with Gasteiger partial charge in [-0.3, -0.25) is 4.99 Å². The molecule has 0 saturated heterocycles. The number of ether oxygens (including phenoxy) is 3. The van der Waals surface area contributed by atoms with E-state index < -0.39 is 6.10 Å². The standard InChI is InChI=1S/C20H35N3O4/c1-5-7-10-27-11-8-9-22-20(21-6-2)23-15-19(24)16-12-17(25-3)14-18(13-16)26-4/h12-14,19,24H,5-11,15H2,1-4H3,(H2,21,22,23). The molecule has 1 rings (SSSR count). The van der Waals surface area contributed by atoms with Crippen molar-refractivity contribution in [3.63, 3.8) is 0 Å². The van der Waals surface area contributed by atoms with Crippen molar-refractivity contribution in [1.29, 1.82) is 0 Å². The van der Waals surface area contributed by atoms with Crippen molar-refractivity contribution in [2.24, 2.45) is 4.99 Å². The molecule has 154 valence electrons. The van der Waals surface area contributed by atoms with Crippen LogP contribution in [0.2, 0.25) is 0 Å². The van der Waals surface area contributed by atoms with Gasteiger partial charge in [-0.2, -0.15) is 0 Å². The predicted molar refractivity (Wildman–Crippen MR) is 109 cm³/mol. The van der Waals surface area contributed by atoms with E-state index in [1.54, 1.807) is 32.4 Å². The number of nitrogens with one attached hydrogen (secondary N) is 2. The predicted octanol–water partition coefficient (Wildman–Crippen LogP) is 2.50. The summed E-state index contributed by atoms with van der Waals surface area (Å²) in [4.78, 5) is 4.47. The number of aliphatic hydroxyl groups is 1. The van der Waals surface area contributed by atoms with Gasteiger partial charge in [-0.1, -0.05) is 13.3 Å². The zero-order valence-electron chi connectivity index (χ0n) is 17.1. The molecule has 0 aliphatic heterocycles. The van der Waals surface area contributed by atoms with Crippen molar-refractivity contribution in [2.75, 3.05) is 47.1 Å². The Morgan fingerprint density at radius 3 is 2.30 bits per heavy atom. The number of nitrogens with zero attached hydrogens (tertiary/aromatic N) is 1. The Kier molecular flexibility index (Phi) is 12.1. The minimum atomic E-state index is -0.748. The molecule has 0 saturated carbocycles. The number of guanidine groups is 1. The highest BCUT2D eigenvalue weighted by Crippen LogP contribution is 2.26. The average molecular weight is 382 g/mol. The fourth-order valence-electron chi connectivity index (χ4n) is 2.38. The normalized spacial score (nSPS) is 12.6. The summed E-state index contributed by atoms with van der Waals surface area (Å²) >= 11 is 0. The van der Waals surface area contributed by atoms with E-state index in [1.165, 1.54) is 0 Å². The summed E-state index contributed by atoms with van der Waals surface area (Å²) in [6.45, 7) is 7.47. The molecule has 7 heteroatoms. The lowest BCUT2D eigenvalue weighted by atomic mass is 10.1. The fourth-order valence-corrected chi connectivity index (χ4v) is 2.38. The van der Waals surface area contributed by atoms with Crippen LogP contribution >= 0.6 is 0 Å². The minimum Gasteiger partial charge on any atom is -0.497 e. The smallest absolute Gasteiger partial charge is 0.191 e. The van der Waals surface area contributed by atoms with Crippen LogP contribution in [0.25, 0.3) is 0 Å². The van der Waals surface area contributed by atoms with Crippen molar-refractivity contribution < 1.29 is 19.3 Å². The Balaban J connectivity index is 2.53. The zero-order chi connectivity index (χ0) is 19.9. The molecule has 0 fully saturated rings. The second kappa shape index (κ2) is 14.1. The third-order valence-electron chi connectivity index (χ3n) is 3.93. The number of hydrogen-bond donors (Lipinski definition) is 3. The van der Waals surface area contributed by atoms with E-state index in [0.29, 0.717) is 23.0 Å². The number of aliphatic hydroxyl groups excluding tert-OH is 1. The second-order valence-corrected chi connectivity index (χ2v) is 6.13. The first-order chi connectivity index (χ1) is 13.1. The van der Waals surface area contributed by atoms with Crippen LogP contribution in [0.5, 0.6) is 11.5 Å². The molecule has 27 heavy (non-hydrogen) atoms. The largest absolute Gasteiger partial charge is 0.497 e. The summed E-state index contributed by atoms with van der Waals surface area (Å²) in [6.07, 6.45) is 2.41. The molecule has 0 aliphatic rings. The fraction of sp³-hybridized carbons (Fsp3) is 0.650. The number of benzene rings is 1. The maximum absolute atomic E-state index is 10.5. The molecular weight excluding hydrogens is 346 g/mol. The first kappa shape index (κ1) is 23.0. The van der Waals surface area contributed by atoms with Gasteiger partial charge >= 0.3 is 0 Å². The molecule has 3 N–H and O–H groups in total. The lowest BCUT2D eigenvalue weighted by Gasteiger charge is -2.15. The Hall–Kier alpha value is -1.99. The summed E-state index contributed by atoms with van der Waals surface area (Å²) < 4.78 is 16.0. The molecular formula is C20H35N3O4. The lowest BCUT2D eigenvalue weighted by Crippen LogP contribution is -2.38. The summed E-state index contributed by atoms with van der Waals surface area (Å²) in [5.74, 6) is 1.96. The number of methoxy groups -OCH3 is 2. The van der Waals surface area contributed by atoms with Gasteiger partial charge in [0.05, 0.1) is 26.9 Å². The van der Waals surface area contributed by atoms with Crippen molar-refractivity contribution in [1.82, 2.24) is 10.6 Å². The molecule has 1 aromatic carbocycles. The van der Waals surface area contributed by atoms with Gasteiger partial charge in [0.15, 0.2) is 5.96 Å². The van der Waals surface area contributed by atoms with E-state index in [0.717, 1.165) is 45.6 Å². The van der Waals surface area contributed by atoms with Gasteiger partial charge in [-0.25, -0.2) is 0 Å². The van der Waals surface area contributed by atoms with Gasteiger partial charge in [0, 0.05) is 32.4 Å².